The Morgan fingerprint density at radius 1 is 1.42 bits per heavy atom. The third kappa shape index (κ3) is 4.65. The molecule has 0 saturated carbocycles. The predicted molar refractivity (Wildman–Crippen MR) is 76.1 cm³/mol. The lowest BCUT2D eigenvalue weighted by molar-refractivity contribution is -0.114. The molecule has 2 rings (SSSR count). The van der Waals surface area contributed by atoms with Gasteiger partial charge in [-0.2, -0.15) is 0 Å². The Kier molecular flexibility index (Phi) is 4.93. The summed E-state index contributed by atoms with van der Waals surface area (Å²) in [5.74, 6) is -0.0359. The lowest BCUT2D eigenvalue weighted by Gasteiger charge is -2.21. The molecule has 4 nitrogen and oxygen atoms in total. The van der Waals surface area contributed by atoms with Gasteiger partial charge in [0.1, 0.15) is 0 Å². The van der Waals surface area contributed by atoms with Crippen molar-refractivity contribution in [1.82, 2.24) is 4.90 Å². The van der Waals surface area contributed by atoms with Crippen molar-refractivity contribution in [3.05, 3.63) is 29.8 Å². The van der Waals surface area contributed by atoms with E-state index in [2.05, 4.69) is 29.3 Å². The maximum Gasteiger partial charge on any atom is 0.221 e. The molecule has 1 amide bonds. The van der Waals surface area contributed by atoms with Crippen molar-refractivity contribution in [2.45, 2.75) is 32.9 Å². The molecule has 0 bridgehead atoms. The van der Waals surface area contributed by atoms with Crippen LogP contribution in [0.2, 0.25) is 0 Å². The van der Waals surface area contributed by atoms with E-state index in [0.717, 1.165) is 38.3 Å². The van der Waals surface area contributed by atoms with Gasteiger partial charge in [-0.3, -0.25) is 9.69 Å². The van der Waals surface area contributed by atoms with E-state index in [-0.39, 0.29) is 5.91 Å². The molecule has 0 unspecified atom stereocenters. The summed E-state index contributed by atoms with van der Waals surface area (Å²) in [6.07, 6.45) is 1.40. The Morgan fingerprint density at radius 2 is 2.16 bits per heavy atom. The van der Waals surface area contributed by atoms with Crippen LogP contribution in [0.5, 0.6) is 0 Å². The molecule has 1 atom stereocenters. The molecule has 19 heavy (non-hydrogen) atoms. The predicted octanol–water partition coefficient (Wildman–Crippen LogP) is 2.26. The summed E-state index contributed by atoms with van der Waals surface area (Å²) in [5, 5.41) is 2.78. The zero-order valence-electron chi connectivity index (χ0n) is 11.7. The van der Waals surface area contributed by atoms with Crippen LogP contribution in [-0.2, 0) is 16.1 Å². The Hall–Kier alpha value is -1.39. The number of carbonyl (C=O) groups is 1. The Balaban J connectivity index is 1.92. The third-order valence-corrected chi connectivity index (χ3v) is 3.22. The average molecular weight is 262 g/mol. The van der Waals surface area contributed by atoms with Crippen LogP contribution >= 0.6 is 0 Å². The molecule has 0 aromatic heterocycles. The fourth-order valence-corrected chi connectivity index (χ4v) is 2.38. The summed E-state index contributed by atoms with van der Waals surface area (Å²) in [7, 11) is 0. The Labute approximate surface area is 114 Å². The molecule has 104 valence electrons. The Morgan fingerprint density at radius 3 is 2.84 bits per heavy atom. The smallest absolute Gasteiger partial charge is 0.221 e. The van der Waals surface area contributed by atoms with Crippen molar-refractivity contribution >= 4 is 11.6 Å². The highest BCUT2D eigenvalue weighted by molar-refractivity contribution is 5.88. The number of ether oxygens (including phenoxy) is 1. The van der Waals surface area contributed by atoms with Crippen molar-refractivity contribution in [2.24, 2.45) is 0 Å². The van der Waals surface area contributed by atoms with Gasteiger partial charge in [-0.1, -0.05) is 12.1 Å². The number of hydrogen-bond donors (Lipinski definition) is 1. The molecule has 4 heteroatoms. The highest BCUT2D eigenvalue weighted by Crippen LogP contribution is 2.13. The van der Waals surface area contributed by atoms with E-state index in [4.69, 9.17) is 4.74 Å². The molecule has 1 fully saturated rings. The highest BCUT2D eigenvalue weighted by atomic mass is 16.5. The van der Waals surface area contributed by atoms with Crippen LogP contribution in [0.1, 0.15) is 25.8 Å². The minimum atomic E-state index is -0.0359. The van der Waals surface area contributed by atoms with E-state index < -0.39 is 0 Å². The molecule has 1 aliphatic rings. The second kappa shape index (κ2) is 6.68. The number of anilines is 1. The van der Waals surface area contributed by atoms with Gasteiger partial charge >= 0.3 is 0 Å². The van der Waals surface area contributed by atoms with Crippen molar-refractivity contribution in [3.63, 3.8) is 0 Å². The van der Waals surface area contributed by atoms with Crippen molar-refractivity contribution < 1.29 is 9.53 Å². The first-order valence-electron chi connectivity index (χ1n) is 6.84. The monoisotopic (exact) mass is 262 g/mol. The number of hydrogen-bond acceptors (Lipinski definition) is 3. The standard InChI is InChI=1S/C15H22N2O2/c1-12-10-17(8-3-9-19-12)11-14-4-6-15(7-5-14)16-13(2)18/h4-7,12H,3,8-11H2,1-2H3,(H,16,18)/t12-/m1/s1. The molecule has 1 heterocycles. The van der Waals surface area contributed by atoms with Crippen molar-refractivity contribution in [3.8, 4) is 0 Å². The van der Waals surface area contributed by atoms with Crippen LogP contribution in [0.4, 0.5) is 5.69 Å². The van der Waals surface area contributed by atoms with Crippen LogP contribution in [0.15, 0.2) is 24.3 Å². The zero-order chi connectivity index (χ0) is 13.7. The minimum absolute atomic E-state index is 0.0359. The van der Waals surface area contributed by atoms with Gasteiger partial charge in [-0.25, -0.2) is 0 Å². The van der Waals surface area contributed by atoms with E-state index in [1.807, 2.05) is 12.1 Å². The lowest BCUT2D eigenvalue weighted by Crippen LogP contribution is -2.29. The highest BCUT2D eigenvalue weighted by Gasteiger charge is 2.14. The lowest BCUT2D eigenvalue weighted by atomic mass is 10.2. The van der Waals surface area contributed by atoms with Crippen LogP contribution in [0, 0.1) is 0 Å². The first-order valence-corrected chi connectivity index (χ1v) is 6.84. The number of benzene rings is 1. The molecular weight excluding hydrogens is 240 g/mol. The summed E-state index contributed by atoms with van der Waals surface area (Å²) >= 11 is 0. The molecule has 1 aromatic carbocycles. The van der Waals surface area contributed by atoms with Crippen molar-refractivity contribution in [2.75, 3.05) is 25.0 Å². The van der Waals surface area contributed by atoms with Gasteiger partial charge in [-0.15, -0.1) is 0 Å². The summed E-state index contributed by atoms with van der Waals surface area (Å²) < 4.78 is 5.64. The summed E-state index contributed by atoms with van der Waals surface area (Å²) in [6, 6.07) is 8.05. The summed E-state index contributed by atoms with van der Waals surface area (Å²) in [5.41, 5.74) is 2.12. The SMILES string of the molecule is CC(=O)Nc1ccc(CN2CCCO[C@H](C)C2)cc1. The number of rotatable bonds is 3. The summed E-state index contributed by atoms with van der Waals surface area (Å²) in [6.45, 7) is 7.50. The van der Waals surface area contributed by atoms with E-state index in [9.17, 15) is 4.79 Å². The van der Waals surface area contributed by atoms with Crippen LogP contribution in [0.3, 0.4) is 0 Å². The van der Waals surface area contributed by atoms with E-state index >= 15 is 0 Å². The maximum atomic E-state index is 11.0. The second-order valence-corrected chi connectivity index (χ2v) is 5.15. The molecule has 0 radical (unpaired) electrons. The van der Waals surface area contributed by atoms with E-state index in [0.29, 0.717) is 6.10 Å². The maximum absolute atomic E-state index is 11.0. The van der Waals surface area contributed by atoms with Gasteiger partial charge in [-0.05, 0) is 31.0 Å². The molecule has 1 saturated heterocycles. The van der Waals surface area contributed by atoms with Gasteiger partial charge < -0.3 is 10.1 Å². The molecule has 0 spiro atoms. The molecule has 0 aliphatic carbocycles. The van der Waals surface area contributed by atoms with Crippen LogP contribution < -0.4 is 5.32 Å². The molecule has 1 N–H and O–H groups in total. The second-order valence-electron chi connectivity index (χ2n) is 5.15. The normalized spacial score (nSPS) is 20.8. The van der Waals surface area contributed by atoms with E-state index in [1.165, 1.54) is 12.5 Å². The average Bonchev–Trinajstić information content (AvgIpc) is 2.55. The van der Waals surface area contributed by atoms with Gasteiger partial charge in [0.15, 0.2) is 0 Å². The molecule has 1 aromatic rings. The first kappa shape index (κ1) is 14.0. The number of nitrogens with zero attached hydrogens (tertiary/aromatic N) is 1. The summed E-state index contributed by atoms with van der Waals surface area (Å²) in [4.78, 5) is 13.4. The zero-order valence-corrected chi connectivity index (χ0v) is 11.7. The largest absolute Gasteiger partial charge is 0.377 e. The number of nitrogens with one attached hydrogen (secondary N) is 1. The Bertz CT molecular complexity index is 417. The van der Waals surface area contributed by atoms with E-state index in [1.54, 1.807) is 0 Å². The quantitative estimate of drug-likeness (QED) is 0.908. The number of carbonyl (C=O) groups excluding carboxylic acids is 1. The van der Waals surface area contributed by atoms with Crippen LogP contribution in [0.25, 0.3) is 0 Å². The van der Waals surface area contributed by atoms with Gasteiger partial charge in [0.2, 0.25) is 5.91 Å². The molecule has 1 aliphatic heterocycles. The first-order chi connectivity index (χ1) is 9.13. The fourth-order valence-electron chi connectivity index (χ4n) is 2.38. The number of amides is 1. The topological polar surface area (TPSA) is 41.6 Å². The van der Waals surface area contributed by atoms with Gasteiger partial charge in [0.25, 0.3) is 0 Å². The third-order valence-electron chi connectivity index (χ3n) is 3.22. The fraction of sp³-hybridized carbons (Fsp3) is 0.533. The van der Waals surface area contributed by atoms with Gasteiger partial charge in [0, 0.05) is 38.9 Å². The van der Waals surface area contributed by atoms with Gasteiger partial charge in [0.05, 0.1) is 6.10 Å². The van der Waals surface area contributed by atoms with Crippen molar-refractivity contribution in [1.29, 1.82) is 0 Å². The molecular formula is C15H22N2O2. The minimum Gasteiger partial charge on any atom is -0.377 e. The van der Waals surface area contributed by atoms with Crippen LogP contribution in [-0.4, -0.2) is 36.6 Å².